The van der Waals surface area contributed by atoms with Gasteiger partial charge < -0.3 is 15.2 Å². The fourth-order valence-electron chi connectivity index (χ4n) is 2.44. The van der Waals surface area contributed by atoms with Crippen LogP contribution in [0.4, 0.5) is 11.4 Å². The van der Waals surface area contributed by atoms with Gasteiger partial charge in [-0.25, -0.2) is 4.79 Å². The van der Waals surface area contributed by atoms with Gasteiger partial charge in [0.1, 0.15) is 5.75 Å². The summed E-state index contributed by atoms with van der Waals surface area (Å²) in [6.07, 6.45) is 0. The van der Waals surface area contributed by atoms with E-state index in [1.54, 1.807) is 31.4 Å². The smallest absolute Gasteiger partial charge is 0.337 e. The largest absolute Gasteiger partial charge is 0.496 e. The van der Waals surface area contributed by atoms with Gasteiger partial charge in [-0.15, -0.1) is 0 Å². The van der Waals surface area contributed by atoms with Crippen LogP contribution in [0, 0.1) is 0 Å². The molecule has 4 nitrogen and oxygen atoms in total. The number of carbonyl (C=O) groups is 1. The highest BCUT2D eigenvalue weighted by Crippen LogP contribution is 2.29. The van der Waals surface area contributed by atoms with Gasteiger partial charge in [-0.1, -0.05) is 24.3 Å². The van der Waals surface area contributed by atoms with Gasteiger partial charge in [0.15, 0.2) is 0 Å². The van der Waals surface area contributed by atoms with Crippen LogP contribution >= 0.6 is 0 Å². The lowest BCUT2D eigenvalue weighted by molar-refractivity contribution is 0.0698. The number of para-hydroxylation sites is 1. The Hall–Kier alpha value is -3.01. The molecule has 3 aromatic rings. The van der Waals surface area contributed by atoms with E-state index in [1.807, 2.05) is 36.4 Å². The average Bonchev–Trinajstić information content (AvgIpc) is 2.54. The molecule has 0 amide bonds. The standard InChI is InChI=1S/C18H15NO3/c1-22-17-8-4-5-12-11-13(9-10-14(12)17)19-16-7-3-2-6-15(16)18(20)21/h2-11,19H,1H3,(H,20,21). The molecule has 4 heteroatoms. The monoisotopic (exact) mass is 293 g/mol. The summed E-state index contributed by atoms with van der Waals surface area (Å²) in [6.45, 7) is 0. The summed E-state index contributed by atoms with van der Waals surface area (Å²) in [5.41, 5.74) is 1.64. The SMILES string of the molecule is COc1cccc2cc(Nc3ccccc3C(=O)O)ccc12. The molecule has 0 aliphatic carbocycles. The summed E-state index contributed by atoms with van der Waals surface area (Å²) in [5, 5.41) is 14.4. The van der Waals surface area contributed by atoms with E-state index in [2.05, 4.69) is 5.32 Å². The molecule has 0 heterocycles. The molecular weight excluding hydrogens is 278 g/mol. The van der Waals surface area contributed by atoms with Crippen molar-refractivity contribution in [1.29, 1.82) is 0 Å². The molecule has 0 aliphatic heterocycles. The maximum atomic E-state index is 11.3. The molecule has 0 unspecified atom stereocenters. The predicted molar refractivity (Wildman–Crippen MR) is 87.2 cm³/mol. The van der Waals surface area contributed by atoms with Crippen LogP contribution in [0.1, 0.15) is 10.4 Å². The molecule has 0 fully saturated rings. The van der Waals surface area contributed by atoms with Crippen molar-refractivity contribution in [3.8, 4) is 5.75 Å². The van der Waals surface area contributed by atoms with Gasteiger partial charge in [0.2, 0.25) is 0 Å². The first-order valence-electron chi connectivity index (χ1n) is 6.85. The minimum atomic E-state index is -0.953. The Labute approximate surface area is 128 Å². The van der Waals surface area contributed by atoms with Gasteiger partial charge in [0.25, 0.3) is 0 Å². The average molecular weight is 293 g/mol. The van der Waals surface area contributed by atoms with Gasteiger partial charge >= 0.3 is 5.97 Å². The third kappa shape index (κ3) is 2.59. The number of hydrogen-bond acceptors (Lipinski definition) is 3. The summed E-state index contributed by atoms with van der Waals surface area (Å²) >= 11 is 0. The Morgan fingerprint density at radius 3 is 2.64 bits per heavy atom. The summed E-state index contributed by atoms with van der Waals surface area (Å²) in [5.74, 6) is -0.138. The van der Waals surface area contributed by atoms with E-state index in [0.717, 1.165) is 22.2 Å². The van der Waals surface area contributed by atoms with Crippen molar-refractivity contribution in [2.75, 3.05) is 12.4 Å². The number of carboxylic acids is 1. The van der Waals surface area contributed by atoms with E-state index in [-0.39, 0.29) is 5.56 Å². The molecule has 0 aromatic heterocycles. The normalized spacial score (nSPS) is 10.4. The Bertz CT molecular complexity index is 843. The Morgan fingerprint density at radius 1 is 1.05 bits per heavy atom. The molecule has 0 aliphatic rings. The Morgan fingerprint density at radius 2 is 1.86 bits per heavy atom. The topological polar surface area (TPSA) is 58.6 Å². The van der Waals surface area contributed by atoms with E-state index in [4.69, 9.17) is 4.74 Å². The van der Waals surface area contributed by atoms with Crippen molar-refractivity contribution in [3.05, 3.63) is 66.2 Å². The molecule has 2 N–H and O–H groups in total. The second-order valence-corrected chi connectivity index (χ2v) is 4.87. The molecule has 0 saturated heterocycles. The van der Waals surface area contributed by atoms with E-state index >= 15 is 0 Å². The van der Waals surface area contributed by atoms with Crippen molar-refractivity contribution in [2.45, 2.75) is 0 Å². The molecule has 0 spiro atoms. The Kier molecular flexibility index (Phi) is 3.66. The number of anilines is 2. The highest BCUT2D eigenvalue weighted by Gasteiger charge is 2.09. The van der Waals surface area contributed by atoms with Gasteiger partial charge in [-0.05, 0) is 41.8 Å². The second kappa shape index (κ2) is 5.77. The zero-order valence-corrected chi connectivity index (χ0v) is 12.0. The van der Waals surface area contributed by atoms with Crippen LogP contribution in [0.2, 0.25) is 0 Å². The number of nitrogens with one attached hydrogen (secondary N) is 1. The van der Waals surface area contributed by atoms with Gasteiger partial charge in [0.05, 0.1) is 18.4 Å². The highest BCUT2D eigenvalue weighted by atomic mass is 16.5. The minimum absolute atomic E-state index is 0.244. The van der Waals surface area contributed by atoms with Crippen molar-refractivity contribution >= 4 is 28.1 Å². The summed E-state index contributed by atoms with van der Waals surface area (Å²) in [6, 6.07) is 18.5. The maximum absolute atomic E-state index is 11.3. The van der Waals surface area contributed by atoms with Crippen molar-refractivity contribution < 1.29 is 14.6 Å². The molecule has 0 saturated carbocycles. The van der Waals surface area contributed by atoms with Gasteiger partial charge in [0, 0.05) is 11.1 Å². The molecule has 0 radical (unpaired) electrons. The third-order valence-electron chi connectivity index (χ3n) is 3.50. The number of carboxylic acid groups (broad SMARTS) is 1. The lowest BCUT2D eigenvalue weighted by Gasteiger charge is -2.11. The first kappa shape index (κ1) is 13.9. The quantitative estimate of drug-likeness (QED) is 0.753. The molecule has 22 heavy (non-hydrogen) atoms. The van der Waals surface area contributed by atoms with Crippen LogP contribution in [0.15, 0.2) is 60.7 Å². The first-order valence-corrected chi connectivity index (χ1v) is 6.85. The van der Waals surface area contributed by atoms with Gasteiger partial charge in [-0.3, -0.25) is 0 Å². The highest BCUT2D eigenvalue weighted by molar-refractivity contribution is 5.96. The minimum Gasteiger partial charge on any atom is -0.496 e. The summed E-state index contributed by atoms with van der Waals surface area (Å²) in [4.78, 5) is 11.3. The van der Waals surface area contributed by atoms with E-state index < -0.39 is 5.97 Å². The van der Waals surface area contributed by atoms with Crippen LogP contribution in [-0.4, -0.2) is 18.2 Å². The first-order chi connectivity index (χ1) is 10.7. The van der Waals surface area contributed by atoms with Crippen molar-refractivity contribution in [3.63, 3.8) is 0 Å². The number of hydrogen-bond donors (Lipinski definition) is 2. The van der Waals surface area contributed by atoms with Gasteiger partial charge in [-0.2, -0.15) is 0 Å². The number of benzene rings is 3. The Balaban J connectivity index is 2.00. The number of aromatic carboxylic acids is 1. The molecule has 0 bridgehead atoms. The maximum Gasteiger partial charge on any atom is 0.337 e. The van der Waals surface area contributed by atoms with E-state index in [1.165, 1.54) is 0 Å². The fraction of sp³-hybridized carbons (Fsp3) is 0.0556. The summed E-state index contributed by atoms with van der Waals surface area (Å²) < 4.78 is 5.34. The lowest BCUT2D eigenvalue weighted by Crippen LogP contribution is -2.02. The number of rotatable bonds is 4. The van der Waals surface area contributed by atoms with Crippen LogP contribution in [-0.2, 0) is 0 Å². The van der Waals surface area contributed by atoms with Crippen LogP contribution in [0.25, 0.3) is 10.8 Å². The zero-order valence-electron chi connectivity index (χ0n) is 12.0. The van der Waals surface area contributed by atoms with E-state index in [0.29, 0.717) is 5.69 Å². The lowest BCUT2D eigenvalue weighted by atomic mass is 10.1. The third-order valence-corrected chi connectivity index (χ3v) is 3.50. The molecule has 3 rings (SSSR count). The summed E-state index contributed by atoms with van der Waals surface area (Å²) in [7, 11) is 1.64. The fourth-order valence-corrected chi connectivity index (χ4v) is 2.44. The number of fused-ring (bicyclic) bond motifs is 1. The molecular formula is C18H15NO3. The second-order valence-electron chi connectivity index (χ2n) is 4.87. The molecule has 110 valence electrons. The van der Waals surface area contributed by atoms with Crippen LogP contribution in [0.3, 0.4) is 0 Å². The van der Waals surface area contributed by atoms with Crippen molar-refractivity contribution in [2.24, 2.45) is 0 Å². The van der Waals surface area contributed by atoms with Crippen molar-refractivity contribution in [1.82, 2.24) is 0 Å². The van der Waals surface area contributed by atoms with Crippen LogP contribution in [0.5, 0.6) is 5.75 Å². The number of ether oxygens (including phenoxy) is 1. The zero-order chi connectivity index (χ0) is 15.5. The molecule has 3 aromatic carbocycles. The molecule has 0 atom stereocenters. The predicted octanol–water partition coefficient (Wildman–Crippen LogP) is 4.29. The number of methoxy groups -OCH3 is 1. The van der Waals surface area contributed by atoms with E-state index in [9.17, 15) is 9.90 Å². The van der Waals surface area contributed by atoms with Crippen LogP contribution < -0.4 is 10.1 Å².